The Labute approximate surface area is 134 Å². The molecule has 0 heterocycles. The van der Waals surface area contributed by atoms with Crippen LogP contribution >= 0.6 is 11.6 Å². The van der Waals surface area contributed by atoms with E-state index < -0.39 is 19.9 Å². The van der Waals surface area contributed by atoms with E-state index in [1.807, 2.05) is 0 Å². The molecule has 22 heavy (non-hydrogen) atoms. The maximum atomic E-state index is 12.1. The number of sulfone groups is 1. The van der Waals surface area contributed by atoms with Crippen molar-refractivity contribution >= 4 is 31.5 Å². The van der Waals surface area contributed by atoms with Crippen molar-refractivity contribution in [2.75, 3.05) is 6.26 Å². The monoisotopic (exact) mass is 359 g/mol. The van der Waals surface area contributed by atoms with E-state index in [9.17, 15) is 16.8 Å². The Hall–Kier alpha value is -1.41. The zero-order valence-electron chi connectivity index (χ0n) is 11.7. The second kappa shape index (κ2) is 6.37. The molecule has 2 aromatic carbocycles. The van der Waals surface area contributed by atoms with Crippen LogP contribution in [-0.2, 0) is 26.4 Å². The molecule has 0 saturated carbocycles. The Kier molecular flexibility index (Phi) is 4.91. The van der Waals surface area contributed by atoms with E-state index in [0.29, 0.717) is 10.6 Å². The molecule has 0 aliphatic heterocycles. The zero-order chi connectivity index (χ0) is 16.4. The van der Waals surface area contributed by atoms with Gasteiger partial charge in [0.25, 0.3) is 0 Å². The van der Waals surface area contributed by atoms with Gasteiger partial charge in [-0.3, -0.25) is 0 Å². The lowest BCUT2D eigenvalue weighted by molar-refractivity contribution is 0.581. The summed E-state index contributed by atoms with van der Waals surface area (Å²) in [6.45, 7) is 0.0645. The van der Waals surface area contributed by atoms with Gasteiger partial charge in [0, 0.05) is 17.8 Å². The Morgan fingerprint density at radius 1 is 0.864 bits per heavy atom. The van der Waals surface area contributed by atoms with E-state index in [4.69, 9.17) is 11.6 Å². The third-order valence-electron chi connectivity index (χ3n) is 2.94. The predicted octanol–water partition coefficient (Wildman–Crippen LogP) is 2.22. The maximum absolute atomic E-state index is 12.1. The van der Waals surface area contributed by atoms with Crippen molar-refractivity contribution in [2.24, 2.45) is 0 Å². The molecule has 0 amide bonds. The molecule has 0 aliphatic rings. The molecule has 0 aliphatic carbocycles. The van der Waals surface area contributed by atoms with Gasteiger partial charge in [-0.1, -0.05) is 23.7 Å². The molecule has 0 spiro atoms. The van der Waals surface area contributed by atoms with Crippen LogP contribution in [0.2, 0.25) is 5.02 Å². The predicted molar refractivity (Wildman–Crippen MR) is 85.0 cm³/mol. The highest BCUT2D eigenvalue weighted by Gasteiger charge is 2.13. The SMILES string of the molecule is CS(=O)(=O)c1ccc(CNS(=O)(=O)c2ccc(Cl)cc2)cc1. The molecule has 8 heteroatoms. The lowest BCUT2D eigenvalue weighted by atomic mass is 10.2. The van der Waals surface area contributed by atoms with Crippen LogP contribution in [0, 0.1) is 0 Å². The second-order valence-electron chi connectivity index (χ2n) is 4.69. The van der Waals surface area contributed by atoms with Crippen LogP contribution in [0.4, 0.5) is 0 Å². The minimum absolute atomic E-state index is 0.0645. The molecule has 5 nitrogen and oxygen atoms in total. The zero-order valence-corrected chi connectivity index (χ0v) is 14.0. The first-order valence-electron chi connectivity index (χ1n) is 6.23. The number of hydrogen-bond donors (Lipinski definition) is 1. The normalized spacial score (nSPS) is 12.3. The van der Waals surface area contributed by atoms with Crippen LogP contribution in [0.1, 0.15) is 5.56 Å². The first-order chi connectivity index (χ1) is 10.2. The van der Waals surface area contributed by atoms with E-state index in [2.05, 4.69) is 4.72 Å². The molecule has 2 aromatic rings. The second-order valence-corrected chi connectivity index (χ2v) is 8.91. The summed E-state index contributed by atoms with van der Waals surface area (Å²) in [4.78, 5) is 0.307. The number of sulfonamides is 1. The highest BCUT2D eigenvalue weighted by molar-refractivity contribution is 7.90. The van der Waals surface area contributed by atoms with Crippen molar-refractivity contribution < 1.29 is 16.8 Å². The summed E-state index contributed by atoms with van der Waals surface area (Å²) in [5.41, 5.74) is 0.657. The number of nitrogens with one attached hydrogen (secondary N) is 1. The average Bonchev–Trinajstić information content (AvgIpc) is 2.45. The minimum Gasteiger partial charge on any atom is -0.224 e. The van der Waals surface area contributed by atoms with Crippen molar-refractivity contribution in [2.45, 2.75) is 16.3 Å². The Balaban J connectivity index is 2.10. The summed E-state index contributed by atoms with van der Waals surface area (Å²) in [6.07, 6.45) is 1.12. The largest absolute Gasteiger partial charge is 0.240 e. The third kappa shape index (κ3) is 4.30. The Morgan fingerprint density at radius 2 is 1.36 bits per heavy atom. The van der Waals surface area contributed by atoms with Crippen LogP contribution in [0.25, 0.3) is 0 Å². The van der Waals surface area contributed by atoms with Crippen molar-refractivity contribution in [1.29, 1.82) is 0 Å². The van der Waals surface area contributed by atoms with E-state index in [1.165, 1.54) is 36.4 Å². The molecule has 0 aromatic heterocycles. The fourth-order valence-electron chi connectivity index (χ4n) is 1.73. The standard InChI is InChI=1S/C14H14ClNO4S2/c1-21(17,18)13-6-2-11(3-7-13)10-16-22(19,20)14-8-4-12(15)5-9-14/h2-9,16H,10H2,1H3. The van der Waals surface area contributed by atoms with Crippen LogP contribution in [0.15, 0.2) is 58.3 Å². The summed E-state index contributed by atoms with van der Waals surface area (Å²) < 4.78 is 49.3. The molecule has 0 bridgehead atoms. The molecule has 118 valence electrons. The van der Waals surface area contributed by atoms with Crippen LogP contribution in [0.5, 0.6) is 0 Å². The first-order valence-corrected chi connectivity index (χ1v) is 9.98. The van der Waals surface area contributed by atoms with Crippen molar-refractivity contribution in [3.05, 3.63) is 59.1 Å². The highest BCUT2D eigenvalue weighted by atomic mass is 35.5. The number of benzene rings is 2. The van der Waals surface area contributed by atoms with Crippen LogP contribution in [-0.4, -0.2) is 23.1 Å². The third-order valence-corrected chi connectivity index (χ3v) is 5.74. The fraction of sp³-hybridized carbons (Fsp3) is 0.143. The molecule has 0 saturated heterocycles. The Morgan fingerprint density at radius 3 is 1.86 bits per heavy atom. The number of rotatable bonds is 5. The lowest BCUT2D eigenvalue weighted by Crippen LogP contribution is -2.23. The smallest absolute Gasteiger partial charge is 0.224 e. The summed E-state index contributed by atoms with van der Waals surface area (Å²) in [5, 5.41) is 0.454. The minimum atomic E-state index is -3.64. The maximum Gasteiger partial charge on any atom is 0.240 e. The molecular formula is C14H14ClNO4S2. The fourth-order valence-corrected chi connectivity index (χ4v) is 3.50. The van der Waals surface area contributed by atoms with Crippen LogP contribution in [0.3, 0.4) is 0 Å². The molecule has 1 N–H and O–H groups in total. The van der Waals surface area contributed by atoms with E-state index in [0.717, 1.165) is 6.26 Å². The molecule has 2 rings (SSSR count). The Bertz CT molecular complexity index is 858. The van der Waals surface area contributed by atoms with Crippen molar-refractivity contribution in [1.82, 2.24) is 4.72 Å². The molecule has 0 radical (unpaired) electrons. The summed E-state index contributed by atoms with van der Waals surface area (Å²) in [5.74, 6) is 0. The molecular weight excluding hydrogens is 346 g/mol. The van der Waals surface area contributed by atoms with Gasteiger partial charge in [0.1, 0.15) is 0 Å². The van der Waals surface area contributed by atoms with Crippen molar-refractivity contribution in [3.63, 3.8) is 0 Å². The highest BCUT2D eigenvalue weighted by Crippen LogP contribution is 2.15. The number of halogens is 1. The topological polar surface area (TPSA) is 80.3 Å². The van der Waals surface area contributed by atoms with E-state index in [-0.39, 0.29) is 16.3 Å². The van der Waals surface area contributed by atoms with E-state index >= 15 is 0 Å². The van der Waals surface area contributed by atoms with Crippen LogP contribution < -0.4 is 4.72 Å². The van der Waals surface area contributed by atoms with Gasteiger partial charge in [-0.05, 0) is 42.0 Å². The molecule has 0 atom stereocenters. The van der Waals surface area contributed by atoms with Crippen molar-refractivity contribution in [3.8, 4) is 0 Å². The first kappa shape index (κ1) is 17.0. The van der Waals surface area contributed by atoms with Gasteiger partial charge < -0.3 is 0 Å². The van der Waals surface area contributed by atoms with E-state index in [1.54, 1.807) is 12.1 Å². The van der Waals surface area contributed by atoms with Gasteiger partial charge >= 0.3 is 0 Å². The van der Waals surface area contributed by atoms with Gasteiger partial charge in [-0.2, -0.15) is 0 Å². The van der Waals surface area contributed by atoms with Gasteiger partial charge in [0.2, 0.25) is 10.0 Å². The molecule has 0 fully saturated rings. The van der Waals surface area contributed by atoms with Gasteiger partial charge in [0.15, 0.2) is 9.84 Å². The summed E-state index contributed by atoms with van der Waals surface area (Å²) >= 11 is 5.72. The quantitative estimate of drug-likeness (QED) is 0.887. The summed E-state index contributed by atoms with van der Waals surface area (Å²) in [6, 6.07) is 11.9. The average molecular weight is 360 g/mol. The molecule has 0 unspecified atom stereocenters. The van der Waals surface area contributed by atoms with Gasteiger partial charge in [-0.15, -0.1) is 0 Å². The lowest BCUT2D eigenvalue weighted by Gasteiger charge is -2.07. The van der Waals surface area contributed by atoms with Gasteiger partial charge in [-0.25, -0.2) is 21.6 Å². The van der Waals surface area contributed by atoms with Gasteiger partial charge in [0.05, 0.1) is 9.79 Å². The summed E-state index contributed by atoms with van der Waals surface area (Å²) in [7, 11) is -6.90. The number of hydrogen-bond acceptors (Lipinski definition) is 4.